The van der Waals surface area contributed by atoms with Gasteiger partial charge in [0.1, 0.15) is 0 Å². The lowest BCUT2D eigenvalue weighted by Crippen LogP contribution is -2.38. The van der Waals surface area contributed by atoms with Crippen LogP contribution in [-0.2, 0) is 0 Å². The van der Waals surface area contributed by atoms with Crippen molar-refractivity contribution in [3.8, 4) is 0 Å². The van der Waals surface area contributed by atoms with Gasteiger partial charge in [-0.1, -0.05) is 31.9 Å². The summed E-state index contributed by atoms with van der Waals surface area (Å²) in [7, 11) is 0. The Morgan fingerprint density at radius 3 is 2.53 bits per heavy atom. The molecule has 0 fully saturated rings. The van der Waals surface area contributed by atoms with Crippen molar-refractivity contribution in [2.24, 2.45) is 0 Å². The van der Waals surface area contributed by atoms with Gasteiger partial charge in [0.2, 0.25) is 0 Å². The SMILES string of the molecule is Cc1cc(Br)ccc1C(=O)N(CCBr)C(C)C. The molecule has 0 bridgehead atoms. The maximum absolute atomic E-state index is 12.4. The second kappa shape index (κ2) is 6.55. The van der Waals surface area contributed by atoms with Crippen LogP contribution < -0.4 is 0 Å². The number of rotatable bonds is 4. The van der Waals surface area contributed by atoms with E-state index in [2.05, 4.69) is 31.9 Å². The standard InChI is InChI=1S/C13H17Br2NO/c1-9(2)16(7-6-14)13(17)12-5-4-11(15)8-10(12)3/h4-5,8-9H,6-7H2,1-3H3. The highest BCUT2D eigenvalue weighted by Gasteiger charge is 2.19. The van der Waals surface area contributed by atoms with Crippen LogP contribution in [0.15, 0.2) is 22.7 Å². The van der Waals surface area contributed by atoms with Crippen LogP contribution in [0, 0.1) is 6.92 Å². The summed E-state index contributed by atoms with van der Waals surface area (Å²) in [5, 5.41) is 0.798. The number of aryl methyl sites for hydroxylation is 1. The zero-order valence-corrected chi connectivity index (χ0v) is 13.5. The molecule has 1 aromatic rings. The maximum atomic E-state index is 12.4. The van der Waals surface area contributed by atoms with Crippen molar-refractivity contribution >= 4 is 37.8 Å². The van der Waals surface area contributed by atoms with E-state index in [1.54, 1.807) is 0 Å². The fourth-order valence-corrected chi connectivity index (χ4v) is 2.56. The van der Waals surface area contributed by atoms with Crippen LogP contribution in [0.25, 0.3) is 0 Å². The van der Waals surface area contributed by atoms with Crippen molar-refractivity contribution in [1.82, 2.24) is 4.90 Å². The molecule has 0 atom stereocenters. The molecular weight excluding hydrogens is 346 g/mol. The summed E-state index contributed by atoms with van der Waals surface area (Å²) in [6.07, 6.45) is 0. The highest BCUT2D eigenvalue weighted by atomic mass is 79.9. The first kappa shape index (κ1) is 14.7. The number of halogens is 2. The number of benzene rings is 1. The van der Waals surface area contributed by atoms with E-state index in [1.165, 1.54) is 0 Å². The molecule has 0 spiro atoms. The van der Waals surface area contributed by atoms with Crippen molar-refractivity contribution in [3.05, 3.63) is 33.8 Å². The Labute approximate surface area is 120 Å². The number of hydrogen-bond donors (Lipinski definition) is 0. The van der Waals surface area contributed by atoms with E-state index in [1.807, 2.05) is 43.9 Å². The number of alkyl halides is 1. The molecule has 1 rings (SSSR count). The molecule has 0 saturated heterocycles. The molecule has 1 aromatic carbocycles. The van der Waals surface area contributed by atoms with E-state index >= 15 is 0 Å². The molecule has 0 unspecified atom stereocenters. The molecule has 0 aromatic heterocycles. The maximum Gasteiger partial charge on any atom is 0.254 e. The summed E-state index contributed by atoms with van der Waals surface area (Å²) in [6.45, 7) is 6.76. The third kappa shape index (κ3) is 3.81. The number of hydrogen-bond acceptors (Lipinski definition) is 1. The summed E-state index contributed by atoms with van der Waals surface area (Å²) in [5.74, 6) is 0.101. The predicted molar refractivity (Wildman–Crippen MR) is 78.8 cm³/mol. The predicted octanol–water partition coefficient (Wildman–Crippen LogP) is 4.00. The van der Waals surface area contributed by atoms with Gasteiger partial charge in [-0.2, -0.15) is 0 Å². The average Bonchev–Trinajstić information content (AvgIpc) is 2.24. The molecule has 0 N–H and O–H groups in total. The van der Waals surface area contributed by atoms with Crippen LogP contribution in [0.5, 0.6) is 0 Å². The number of amides is 1. The molecule has 0 heterocycles. The Balaban J connectivity index is 3.01. The third-order valence-corrected chi connectivity index (χ3v) is 3.48. The van der Waals surface area contributed by atoms with Gasteiger partial charge in [-0.15, -0.1) is 0 Å². The third-order valence-electron chi connectivity index (χ3n) is 2.63. The number of carbonyl (C=O) groups excluding carboxylic acids is 1. The number of nitrogens with zero attached hydrogens (tertiary/aromatic N) is 1. The first-order valence-corrected chi connectivity index (χ1v) is 7.52. The van der Waals surface area contributed by atoms with Crippen LogP contribution in [0.1, 0.15) is 29.8 Å². The summed E-state index contributed by atoms with van der Waals surface area (Å²) in [5.41, 5.74) is 1.78. The van der Waals surface area contributed by atoms with E-state index in [4.69, 9.17) is 0 Å². The molecule has 94 valence electrons. The minimum Gasteiger partial charge on any atom is -0.335 e. The monoisotopic (exact) mass is 361 g/mol. The second-order valence-corrected chi connectivity index (χ2v) is 5.95. The molecule has 0 saturated carbocycles. The van der Waals surface area contributed by atoms with Gasteiger partial charge in [0.15, 0.2) is 0 Å². The molecule has 0 aliphatic heterocycles. The quantitative estimate of drug-likeness (QED) is 0.741. The van der Waals surface area contributed by atoms with Crippen LogP contribution >= 0.6 is 31.9 Å². The van der Waals surface area contributed by atoms with Gasteiger partial charge in [0.25, 0.3) is 5.91 Å². The number of carbonyl (C=O) groups is 1. The van der Waals surface area contributed by atoms with Crippen molar-refractivity contribution in [3.63, 3.8) is 0 Å². The van der Waals surface area contributed by atoms with Crippen LogP contribution in [0.2, 0.25) is 0 Å². The van der Waals surface area contributed by atoms with Crippen molar-refractivity contribution in [2.45, 2.75) is 26.8 Å². The van der Waals surface area contributed by atoms with E-state index in [0.29, 0.717) is 0 Å². The van der Waals surface area contributed by atoms with Gasteiger partial charge in [-0.3, -0.25) is 4.79 Å². The van der Waals surface area contributed by atoms with Crippen molar-refractivity contribution < 1.29 is 4.79 Å². The molecule has 0 aliphatic rings. The lowest BCUT2D eigenvalue weighted by atomic mass is 10.1. The zero-order valence-electron chi connectivity index (χ0n) is 10.3. The summed E-state index contributed by atoms with van der Waals surface area (Å²) in [6, 6.07) is 5.97. The minimum atomic E-state index is 0.101. The molecular formula is C13H17Br2NO. The lowest BCUT2D eigenvalue weighted by Gasteiger charge is -2.26. The van der Waals surface area contributed by atoms with Crippen molar-refractivity contribution in [1.29, 1.82) is 0 Å². The summed E-state index contributed by atoms with van der Waals surface area (Å²) < 4.78 is 1.00. The largest absolute Gasteiger partial charge is 0.335 e. The Kier molecular flexibility index (Phi) is 5.67. The molecule has 0 aliphatic carbocycles. The minimum absolute atomic E-state index is 0.101. The first-order chi connectivity index (χ1) is 7.97. The van der Waals surface area contributed by atoms with E-state index in [-0.39, 0.29) is 11.9 Å². The molecule has 1 amide bonds. The summed E-state index contributed by atoms with van der Waals surface area (Å²) >= 11 is 6.80. The van der Waals surface area contributed by atoms with Gasteiger partial charge >= 0.3 is 0 Å². The zero-order chi connectivity index (χ0) is 13.0. The molecule has 2 nitrogen and oxygen atoms in total. The Morgan fingerprint density at radius 1 is 1.41 bits per heavy atom. The lowest BCUT2D eigenvalue weighted by molar-refractivity contribution is 0.0718. The second-order valence-electron chi connectivity index (χ2n) is 4.24. The molecule has 0 radical (unpaired) electrons. The highest BCUT2D eigenvalue weighted by molar-refractivity contribution is 9.10. The van der Waals surface area contributed by atoms with Gasteiger partial charge in [-0.25, -0.2) is 0 Å². The normalized spacial score (nSPS) is 10.7. The average molecular weight is 363 g/mol. The Morgan fingerprint density at radius 2 is 2.06 bits per heavy atom. The first-order valence-electron chi connectivity index (χ1n) is 5.60. The molecule has 4 heteroatoms. The fraction of sp³-hybridized carbons (Fsp3) is 0.462. The van der Waals surface area contributed by atoms with Crippen molar-refractivity contribution in [2.75, 3.05) is 11.9 Å². The van der Waals surface area contributed by atoms with E-state index in [0.717, 1.165) is 27.5 Å². The van der Waals surface area contributed by atoms with Gasteiger partial charge in [0, 0.05) is 28.0 Å². The van der Waals surface area contributed by atoms with E-state index < -0.39 is 0 Å². The van der Waals surface area contributed by atoms with Gasteiger partial charge in [-0.05, 0) is 44.5 Å². The highest BCUT2D eigenvalue weighted by Crippen LogP contribution is 2.18. The van der Waals surface area contributed by atoms with Crippen LogP contribution in [0.4, 0.5) is 0 Å². The van der Waals surface area contributed by atoms with Gasteiger partial charge < -0.3 is 4.90 Å². The smallest absolute Gasteiger partial charge is 0.254 e. The topological polar surface area (TPSA) is 20.3 Å². The van der Waals surface area contributed by atoms with Gasteiger partial charge in [0.05, 0.1) is 0 Å². The van der Waals surface area contributed by atoms with Crippen LogP contribution in [0.3, 0.4) is 0 Å². The Hall–Kier alpha value is -0.350. The van der Waals surface area contributed by atoms with E-state index in [9.17, 15) is 4.79 Å². The molecule has 17 heavy (non-hydrogen) atoms. The van der Waals surface area contributed by atoms with Crippen LogP contribution in [-0.4, -0.2) is 28.7 Å². The fourth-order valence-electron chi connectivity index (χ4n) is 1.71. The summed E-state index contributed by atoms with van der Waals surface area (Å²) in [4.78, 5) is 14.3. The Bertz CT molecular complexity index is 404.